The lowest BCUT2D eigenvalue weighted by Gasteiger charge is -2.32. The molecule has 0 radical (unpaired) electrons. The maximum Gasteiger partial charge on any atom is 0.255 e. The zero-order valence-corrected chi connectivity index (χ0v) is 17.7. The Hall–Kier alpha value is -1.82. The first kappa shape index (κ1) is 20.9. The highest BCUT2D eigenvalue weighted by Crippen LogP contribution is 2.23. The summed E-state index contributed by atoms with van der Waals surface area (Å²) in [6.45, 7) is 11.0. The van der Waals surface area contributed by atoms with E-state index in [1.54, 1.807) is 0 Å². The number of rotatable bonds is 4. The van der Waals surface area contributed by atoms with Gasteiger partial charge in [0.25, 0.3) is 5.91 Å². The van der Waals surface area contributed by atoms with Gasteiger partial charge in [-0.15, -0.1) is 12.4 Å². The van der Waals surface area contributed by atoms with Crippen LogP contribution in [0.2, 0.25) is 0 Å². The Labute approximate surface area is 174 Å². The van der Waals surface area contributed by atoms with Gasteiger partial charge >= 0.3 is 0 Å². The molecule has 6 heteroatoms. The van der Waals surface area contributed by atoms with Gasteiger partial charge in [-0.1, -0.05) is 30.3 Å². The Morgan fingerprint density at radius 2 is 1.82 bits per heavy atom. The van der Waals surface area contributed by atoms with Crippen LogP contribution in [0.3, 0.4) is 0 Å². The lowest BCUT2D eigenvalue weighted by Crippen LogP contribution is -2.49. The van der Waals surface area contributed by atoms with Crippen LogP contribution in [0.4, 0.5) is 0 Å². The van der Waals surface area contributed by atoms with Crippen LogP contribution < -0.4 is 5.32 Å². The second-order valence-corrected chi connectivity index (χ2v) is 7.84. The highest BCUT2D eigenvalue weighted by molar-refractivity contribution is 5.96. The number of nitrogens with one attached hydrogen (secondary N) is 1. The predicted octanol–water partition coefficient (Wildman–Crippen LogP) is 2.69. The number of hydrogen-bond acceptors (Lipinski definition) is 3. The van der Waals surface area contributed by atoms with Crippen LogP contribution in [0.25, 0.3) is 0 Å². The Morgan fingerprint density at radius 3 is 2.54 bits per heavy atom. The third-order valence-corrected chi connectivity index (χ3v) is 6.11. The Balaban J connectivity index is 0.00000225. The fraction of sp³-hybridized carbons (Fsp3) is 0.500. The van der Waals surface area contributed by atoms with Crippen LogP contribution in [0.5, 0.6) is 0 Å². The quantitative estimate of drug-likeness (QED) is 0.854. The van der Waals surface area contributed by atoms with Crippen molar-refractivity contribution in [2.45, 2.75) is 32.9 Å². The Bertz CT molecular complexity index is 798. The molecular weight excluding hydrogens is 372 g/mol. The molecule has 1 atom stereocenters. The molecule has 2 aromatic rings. The molecule has 0 saturated carbocycles. The van der Waals surface area contributed by atoms with E-state index in [9.17, 15) is 4.79 Å². The van der Waals surface area contributed by atoms with Gasteiger partial charge < -0.3 is 14.8 Å². The second kappa shape index (κ2) is 9.12. The Morgan fingerprint density at radius 1 is 1.11 bits per heavy atom. The molecule has 0 bridgehead atoms. The van der Waals surface area contributed by atoms with Crippen molar-refractivity contribution in [3.8, 4) is 0 Å². The summed E-state index contributed by atoms with van der Waals surface area (Å²) in [5.41, 5.74) is 4.35. The SMILES string of the molecule is Cc1cc(C(=O)N2CCC(N3CCNCC3)C2)c(C)n1Cc1ccccc1.Cl. The number of carbonyl (C=O) groups excluding carboxylic acids is 1. The van der Waals surface area contributed by atoms with Gasteiger partial charge in [-0.2, -0.15) is 0 Å². The number of amides is 1. The first-order chi connectivity index (χ1) is 13.1. The van der Waals surface area contributed by atoms with Crippen molar-refractivity contribution >= 4 is 18.3 Å². The zero-order chi connectivity index (χ0) is 18.8. The molecule has 1 amide bonds. The summed E-state index contributed by atoms with van der Waals surface area (Å²) in [6, 6.07) is 13.0. The molecule has 5 nitrogen and oxygen atoms in total. The summed E-state index contributed by atoms with van der Waals surface area (Å²) in [4.78, 5) is 17.8. The largest absolute Gasteiger partial charge is 0.344 e. The maximum absolute atomic E-state index is 13.2. The van der Waals surface area contributed by atoms with Crippen molar-refractivity contribution in [2.24, 2.45) is 0 Å². The van der Waals surface area contributed by atoms with Crippen LogP contribution in [0.1, 0.15) is 33.7 Å². The van der Waals surface area contributed by atoms with Crippen molar-refractivity contribution in [1.82, 2.24) is 19.7 Å². The number of piperazine rings is 1. The van der Waals surface area contributed by atoms with E-state index in [4.69, 9.17) is 0 Å². The van der Waals surface area contributed by atoms with Gasteiger partial charge in [0.05, 0.1) is 5.56 Å². The van der Waals surface area contributed by atoms with Crippen molar-refractivity contribution in [2.75, 3.05) is 39.3 Å². The molecule has 2 aliphatic heterocycles. The highest BCUT2D eigenvalue weighted by atomic mass is 35.5. The van der Waals surface area contributed by atoms with Gasteiger partial charge in [0.15, 0.2) is 0 Å². The number of halogens is 1. The molecular formula is C22H31ClN4O. The standard InChI is InChI=1S/C22H30N4O.ClH/c1-17-14-21(18(2)26(17)15-19-6-4-3-5-7-19)22(27)25-11-8-20(16-25)24-12-9-23-10-13-24;/h3-7,14,20,23H,8-13,15-16H2,1-2H3;1H. The van der Waals surface area contributed by atoms with Crippen LogP contribution in [0, 0.1) is 13.8 Å². The number of aromatic nitrogens is 1. The van der Waals surface area contributed by atoms with Crippen molar-refractivity contribution < 1.29 is 4.79 Å². The van der Waals surface area contributed by atoms with E-state index in [0.29, 0.717) is 6.04 Å². The first-order valence-electron chi connectivity index (χ1n) is 10.1. The lowest BCUT2D eigenvalue weighted by molar-refractivity contribution is 0.0772. The number of benzene rings is 1. The molecule has 0 aliphatic carbocycles. The van der Waals surface area contributed by atoms with Gasteiger partial charge in [0.2, 0.25) is 0 Å². The van der Waals surface area contributed by atoms with Crippen LogP contribution in [-0.2, 0) is 6.54 Å². The zero-order valence-electron chi connectivity index (χ0n) is 16.9. The minimum Gasteiger partial charge on any atom is -0.344 e. The molecule has 2 saturated heterocycles. The molecule has 1 N–H and O–H groups in total. The van der Waals surface area contributed by atoms with Gasteiger partial charge in [0, 0.05) is 63.2 Å². The van der Waals surface area contributed by atoms with E-state index >= 15 is 0 Å². The summed E-state index contributed by atoms with van der Waals surface area (Å²) < 4.78 is 2.26. The molecule has 1 aromatic heterocycles. The van der Waals surface area contributed by atoms with Gasteiger partial charge in [-0.05, 0) is 31.9 Å². The van der Waals surface area contributed by atoms with E-state index in [1.165, 1.54) is 5.56 Å². The number of nitrogens with zero attached hydrogens (tertiary/aromatic N) is 3. The molecule has 3 heterocycles. The van der Waals surface area contributed by atoms with Crippen LogP contribution >= 0.6 is 12.4 Å². The summed E-state index contributed by atoms with van der Waals surface area (Å²) in [6.07, 6.45) is 1.09. The third-order valence-electron chi connectivity index (χ3n) is 6.11. The number of likely N-dealkylation sites (tertiary alicyclic amines) is 1. The van der Waals surface area contributed by atoms with Crippen molar-refractivity contribution in [3.63, 3.8) is 0 Å². The summed E-state index contributed by atoms with van der Waals surface area (Å²) in [5.74, 6) is 0.194. The minimum atomic E-state index is 0. The minimum absolute atomic E-state index is 0. The molecule has 152 valence electrons. The fourth-order valence-electron chi connectivity index (χ4n) is 4.47. The molecule has 2 fully saturated rings. The molecule has 4 rings (SSSR count). The predicted molar refractivity (Wildman–Crippen MR) is 115 cm³/mol. The van der Waals surface area contributed by atoms with E-state index in [-0.39, 0.29) is 18.3 Å². The van der Waals surface area contributed by atoms with E-state index in [1.807, 2.05) is 6.07 Å². The summed E-state index contributed by atoms with van der Waals surface area (Å²) in [5, 5.41) is 3.41. The molecule has 1 aromatic carbocycles. The second-order valence-electron chi connectivity index (χ2n) is 7.84. The van der Waals surface area contributed by atoms with Crippen molar-refractivity contribution in [3.05, 3.63) is 58.9 Å². The number of carbonyl (C=O) groups is 1. The molecule has 0 spiro atoms. The van der Waals surface area contributed by atoms with Gasteiger partial charge in [0.1, 0.15) is 0 Å². The van der Waals surface area contributed by atoms with Gasteiger partial charge in [-0.25, -0.2) is 0 Å². The van der Waals surface area contributed by atoms with Gasteiger partial charge in [-0.3, -0.25) is 9.69 Å². The number of aryl methyl sites for hydroxylation is 1. The Kier molecular flexibility index (Phi) is 6.81. The molecule has 28 heavy (non-hydrogen) atoms. The topological polar surface area (TPSA) is 40.5 Å². The molecule has 1 unspecified atom stereocenters. The normalized spacial score (nSPS) is 20.2. The maximum atomic E-state index is 13.2. The van der Waals surface area contributed by atoms with Crippen LogP contribution in [0.15, 0.2) is 36.4 Å². The summed E-state index contributed by atoms with van der Waals surface area (Å²) in [7, 11) is 0. The lowest BCUT2D eigenvalue weighted by atomic mass is 10.2. The molecule has 2 aliphatic rings. The average molecular weight is 403 g/mol. The number of hydrogen-bond donors (Lipinski definition) is 1. The van der Waals surface area contributed by atoms with Crippen LogP contribution in [-0.4, -0.2) is 65.6 Å². The van der Waals surface area contributed by atoms with E-state index in [2.05, 4.69) is 63.9 Å². The highest BCUT2D eigenvalue weighted by Gasteiger charge is 2.32. The average Bonchev–Trinajstić information content (AvgIpc) is 3.30. The van der Waals surface area contributed by atoms with E-state index in [0.717, 1.165) is 69.2 Å². The first-order valence-corrected chi connectivity index (χ1v) is 10.1. The van der Waals surface area contributed by atoms with E-state index < -0.39 is 0 Å². The monoisotopic (exact) mass is 402 g/mol. The summed E-state index contributed by atoms with van der Waals surface area (Å²) >= 11 is 0. The third kappa shape index (κ3) is 4.27. The smallest absolute Gasteiger partial charge is 0.255 e. The van der Waals surface area contributed by atoms with Crippen molar-refractivity contribution in [1.29, 1.82) is 0 Å². The fourth-order valence-corrected chi connectivity index (χ4v) is 4.47.